The zero-order valence-corrected chi connectivity index (χ0v) is 15.1. The highest BCUT2D eigenvalue weighted by Crippen LogP contribution is 2.28. The van der Waals surface area contributed by atoms with Crippen molar-refractivity contribution >= 4 is 32.3 Å². The molecule has 0 radical (unpaired) electrons. The standard InChI is InChI=1S/C17H20ClN3O2S/c1-20-7-8-21(16-11-24(22,23)10-15(16)20)9-13-6-5-12-3-2-4-14(18)17(12)19-13/h2-6,15-16H,7-11H2,1H3/t15-,16+/m1/s1. The van der Waals surface area contributed by atoms with E-state index in [-0.39, 0.29) is 23.6 Å². The molecule has 128 valence electrons. The Labute approximate surface area is 147 Å². The molecule has 1 aromatic carbocycles. The van der Waals surface area contributed by atoms with Crippen molar-refractivity contribution in [1.82, 2.24) is 14.8 Å². The third-order valence-corrected chi connectivity index (χ3v) is 7.17. The summed E-state index contributed by atoms with van der Waals surface area (Å²) >= 11 is 6.26. The van der Waals surface area contributed by atoms with Gasteiger partial charge in [0, 0.05) is 37.1 Å². The van der Waals surface area contributed by atoms with E-state index in [4.69, 9.17) is 16.6 Å². The lowest BCUT2D eigenvalue weighted by Crippen LogP contribution is -2.57. The van der Waals surface area contributed by atoms with Gasteiger partial charge >= 0.3 is 0 Å². The van der Waals surface area contributed by atoms with Crippen molar-refractivity contribution in [3.05, 3.63) is 41.0 Å². The van der Waals surface area contributed by atoms with Crippen LogP contribution in [0.25, 0.3) is 10.9 Å². The predicted molar refractivity (Wildman–Crippen MR) is 96.0 cm³/mol. The van der Waals surface area contributed by atoms with E-state index >= 15 is 0 Å². The number of para-hydroxylation sites is 1. The van der Waals surface area contributed by atoms with Crippen molar-refractivity contribution in [3.8, 4) is 0 Å². The number of sulfone groups is 1. The minimum atomic E-state index is -2.95. The van der Waals surface area contributed by atoms with E-state index in [2.05, 4.69) is 9.80 Å². The lowest BCUT2D eigenvalue weighted by atomic mass is 10.1. The Hall–Kier alpha value is -1.21. The van der Waals surface area contributed by atoms with Crippen LogP contribution in [0.2, 0.25) is 5.02 Å². The number of hydrogen-bond acceptors (Lipinski definition) is 5. The second-order valence-electron chi connectivity index (χ2n) is 6.78. The Morgan fingerprint density at radius 1 is 1.17 bits per heavy atom. The molecule has 2 saturated heterocycles. The van der Waals surface area contributed by atoms with Gasteiger partial charge in [-0.1, -0.05) is 29.8 Å². The molecule has 24 heavy (non-hydrogen) atoms. The summed E-state index contributed by atoms with van der Waals surface area (Å²) in [6.07, 6.45) is 0. The number of fused-ring (bicyclic) bond motifs is 2. The highest BCUT2D eigenvalue weighted by Gasteiger charge is 2.45. The maximum Gasteiger partial charge on any atom is 0.153 e. The molecule has 1 aromatic heterocycles. The Bertz CT molecular complexity index is 887. The van der Waals surface area contributed by atoms with E-state index in [0.29, 0.717) is 11.6 Å². The zero-order valence-electron chi connectivity index (χ0n) is 13.5. The van der Waals surface area contributed by atoms with Gasteiger partial charge in [0.25, 0.3) is 0 Å². The summed E-state index contributed by atoms with van der Waals surface area (Å²) in [7, 11) is -0.935. The highest BCUT2D eigenvalue weighted by atomic mass is 35.5. The van der Waals surface area contributed by atoms with Crippen molar-refractivity contribution in [2.45, 2.75) is 18.6 Å². The summed E-state index contributed by atoms with van der Waals surface area (Å²) in [5, 5.41) is 1.67. The highest BCUT2D eigenvalue weighted by molar-refractivity contribution is 7.91. The van der Waals surface area contributed by atoms with Crippen LogP contribution >= 0.6 is 11.6 Å². The molecular formula is C17H20ClN3O2S. The van der Waals surface area contributed by atoms with Gasteiger partial charge in [0.05, 0.1) is 27.7 Å². The number of aromatic nitrogens is 1. The van der Waals surface area contributed by atoms with Crippen LogP contribution in [0.15, 0.2) is 30.3 Å². The summed E-state index contributed by atoms with van der Waals surface area (Å²) in [6.45, 7) is 2.39. The fourth-order valence-corrected chi connectivity index (χ4v) is 6.15. The molecule has 2 aromatic rings. The molecule has 0 bridgehead atoms. The molecule has 2 atom stereocenters. The van der Waals surface area contributed by atoms with Crippen LogP contribution in [0.5, 0.6) is 0 Å². The molecule has 5 nitrogen and oxygen atoms in total. The first-order valence-electron chi connectivity index (χ1n) is 8.12. The molecule has 0 amide bonds. The van der Waals surface area contributed by atoms with E-state index in [1.807, 2.05) is 37.4 Å². The summed E-state index contributed by atoms with van der Waals surface area (Å²) in [5.74, 6) is 0.512. The number of benzene rings is 1. The SMILES string of the molecule is CN1CCN(Cc2ccc3cccc(Cl)c3n2)[C@H]2CS(=O)(=O)C[C@H]21. The lowest BCUT2D eigenvalue weighted by molar-refractivity contribution is 0.0565. The molecule has 0 unspecified atom stereocenters. The van der Waals surface area contributed by atoms with Crippen LogP contribution < -0.4 is 0 Å². The van der Waals surface area contributed by atoms with E-state index in [1.54, 1.807) is 0 Å². The van der Waals surface area contributed by atoms with Crippen LogP contribution in [-0.4, -0.2) is 66.9 Å². The van der Waals surface area contributed by atoms with E-state index in [0.717, 1.165) is 29.7 Å². The summed E-state index contributed by atoms with van der Waals surface area (Å²) in [5.41, 5.74) is 1.74. The largest absolute Gasteiger partial charge is 0.300 e. The van der Waals surface area contributed by atoms with Gasteiger partial charge in [0.15, 0.2) is 9.84 Å². The van der Waals surface area contributed by atoms with Gasteiger partial charge in [-0.25, -0.2) is 13.4 Å². The van der Waals surface area contributed by atoms with Crippen molar-refractivity contribution in [2.24, 2.45) is 0 Å². The molecule has 3 heterocycles. The quantitative estimate of drug-likeness (QED) is 0.812. The fraction of sp³-hybridized carbons (Fsp3) is 0.471. The van der Waals surface area contributed by atoms with Crippen molar-refractivity contribution in [1.29, 1.82) is 0 Å². The third-order valence-electron chi connectivity index (χ3n) is 5.16. The second-order valence-corrected chi connectivity index (χ2v) is 9.34. The average molecular weight is 366 g/mol. The molecular weight excluding hydrogens is 346 g/mol. The number of likely N-dealkylation sites (N-methyl/N-ethyl adjacent to an activating group) is 1. The van der Waals surface area contributed by atoms with Crippen LogP contribution in [0.4, 0.5) is 0 Å². The number of nitrogens with zero attached hydrogens (tertiary/aromatic N) is 3. The Kier molecular flexibility index (Phi) is 4.03. The van der Waals surface area contributed by atoms with Gasteiger partial charge in [-0.15, -0.1) is 0 Å². The van der Waals surface area contributed by atoms with Gasteiger partial charge in [-0.3, -0.25) is 9.80 Å². The second kappa shape index (κ2) is 5.95. The molecule has 7 heteroatoms. The molecule has 0 N–H and O–H groups in total. The molecule has 0 saturated carbocycles. The molecule has 2 aliphatic heterocycles. The van der Waals surface area contributed by atoms with Crippen molar-refractivity contribution in [3.63, 3.8) is 0 Å². The Balaban J connectivity index is 1.62. The van der Waals surface area contributed by atoms with Gasteiger partial charge in [-0.05, 0) is 19.2 Å². The van der Waals surface area contributed by atoms with Gasteiger partial charge in [0.1, 0.15) is 0 Å². The average Bonchev–Trinajstić information content (AvgIpc) is 2.87. The van der Waals surface area contributed by atoms with Crippen molar-refractivity contribution in [2.75, 3.05) is 31.6 Å². The summed E-state index contributed by atoms with van der Waals surface area (Å²) in [4.78, 5) is 9.14. The van der Waals surface area contributed by atoms with Gasteiger partial charge < -0.3 is 0 Å². The normalized spacial score (nSPS) is 27.4. The maximum absolute atomic E-state index is 12.1. The predicted octanol–water partition coefficient (Wildman–Crippen LogP) is 1.80. The minimum Gasteiger partial charge on any atom is -0.300 e. The van der Waals surface area contributed by atoms with E-state index < -0.39 is 9.84 Å². The lowest BCUT2D eigenvalue weighted by Gasteiger charge is -2.42. The molecule has 4 rings (SSSR count). The molecule has 2 aliphatic rings. The van der Waals surface area contributed by atoms with Gasteiger partial charge in [-0.2, -0.15) is 0 Å². The number of rotatable bonds is 2. The molecule has 2 fully saturated rings. The number of halogens is 1. The first kappa shape index (κ1) is 16.3. The zero-order chi connectivity index (χ0) is 16.9. The van der Waals surface area contributed by atoms with Crippen LogP contribution in [0.1, 0.15) is 5.69 Å². The smallest absolute Gasteiger partial charge is 0.153 e. The monoisotopic (exact) mass is 365 g/mol. The Morgan fingerprint density at radius 3 is 2.79 bits per heavy atom. The molecule has 0 aliphatic carbocycles. The minimum absolute atomic E-state index is 0.0532. The molecule has 0 spiro atoms. The number of piperazine rings is 1. The topological polar surface area (TPSA) is 53.5 Å². The van der Waals surface area contributed by atoms with E-state index in [9.17, 15) is 8.42 Å². The van der Waals surface area contributed by atoms with Crippen LogP contribution in [-0.2, 0) is 16.4 Å². The maximum atomic E-state index is 12.1. The van der Waals surface area contributed by atoms with Gasteiger partial charge in [0.2, 0.25) is 0 Å². The summed E-state index contributed by atoms with van der Waals surface area (Å²) < 4.78 is 24.1. The fourth-order valence-electron chi connectivity index (χ4n) is 3.84. The van der Waals surface area contributed by atoms with Crippen molar-refractivity contribution < 1.29 is 8.42 Å². The summed E-state index contributed by atoms with van der Waals surface area (Å²) in [6, 6.07) is 9.94. The number of pyridine rings is 1. The Morgan fingerprint density at radius 2 is 1.96 bits per heavy atom. The first-order chi connectivity index (χ1) is 11.4. The van der Waals surface area contributed by atoms with E-state index in [1.165, 1.54) is 0 Å². The van der Waals surface area contributed by atoms with Crippen LogP contribution in [0, 0.1) is 0 Å². The first-order valence-corrected chi connectivity index (χ1v) is 10.3. The third kappa shape index (κ3) is 2.92. The van der Waals surface area contributed by atoms with Crippen LogP contribution in [0.3, 0.4) is 0 Å². The number of hydrogen-bond donors (Lipinski definition) is 0.